The summed E-state index contributed by atoms with van der Waals surface area (Å²) in [5.74, 6) is -2.80. The Labute approximate surface area is 222 Å². The van der Waals surface area contributed by atoms with Crippen molar-refractivity contribution >= 4 is 35.0 Å². The monoisotopic (exact) mass is 523 g/mol. The Hall–Kier alpha value is -3.16. The molecule has 1 saturated heterocycles. The van der Waals surface area contributed by atoms with Gasteiger partial charge in [0.15, 0.2) is 0 Å². The van der Waals surface area contributed by atoms with Crippen molar-refractivity contribution in [2.45, 2.75) is 38.3 Å². The predicted molar refractivity (Wildman–Crippen MR) is 144 cm³/mol. The molecule has 0 saturated carbocycles. The molecule has 0 bridgehead atoms. The number of fused-ring (bicyclic) bond motifs is 1. The zero-order valence-electron chi connectivity index (χ0n) is 21.1. The molecule has 0 spiro atoms. The average molecular weight is 524 g/mol. The van der Waals surface area contributed by atoms with E-state index in [0.717, 1.165) is 18.4 Å². The molecule has 1 heterocycles. The SMILES string of the molecule is CCC[C@@H]1C=C[C@H]2[C@@H](C(=O)N([C@@H](CO)Cc3ccccc3)[C@@H]2C(=O)Nc2ccccc2Cl)[C@@H]1C(=O)NC. The predicted octanol–water partition coefficient (Wildman–Crippen LogP) is 3.67. The molecule has 0 aromatic heterocycles. The molecule has 2 aromatic carbocycles. The lowest BCUT2D eigenvalue weighted by Crippen LogP contribution is -2.51. The zero-order chi connectivity index (χ0) is 26.5. The number of benzene rings is 2. The topological polar surface area (TPSA) is 98.7 Å². The van der Waals surface area contributed by atoms with Gasteiger partial charge in [-0.3, -0.25) is 14.4 Å². The highest BCUT2D eigenvalue weighted by atomic mass is 35.5. The number of aliphatic hydroxyl groups excluding tert-OH is 1. The number of likely N-dealkylation sites (tertiary alicyclic amines) is 1. The summed E-state index contributed by atoms with van der Waals surface area (Å²) < 4.78 is 0. The van der Waals surface area contributed by atoms with E-state index in [2.05, 4.69) is 10.6 Å². The Balaban J connectivity index is 1.76. The lowest BCUT2D eigenvalue weighted by Gasteiger charge is -2.34. The molecule has 2 aliphatic rings. The first-order chi connectivity index (χ1) is 17.9. The summed E-state index contributed by atoms with van der Waals surface area (Å²) >= 11 is 6.31. The average Bonchev–Trinajstić information content (AvgIpc) is 3.21. The van der Waals surface area contributed by atoms with E-state index < -0.39 is 35.7 Å². The van der Waals surface area contributed by atoms with Crippen LogP contribution in [-0.2, 0) is 20.8 Å². The number of nitrogens with zero attached hydrogens (tertiary/aromatic N) is 1. The van der Waals surface area contributed by atoms with E-state index in [1.807, 2.05) is 49.4 Å². The van der Waals surface area contributed by atoms with Gasteiger partial charge in [-0.15, -0.1) is 0 Å². The molecule has 6 atom stereocenters. The Morgan fingerprint density at radius 2 is 1.76 bits per heavy atom. The molecule has 0 radical (unpaired) electrons. The fourth-order valence-corrected chi connectivity index (χ4v) is 6.06. The maximum atomic E-state index is 14.1. The Kier molecular flexibility index (Phi) is 8.67. The second-order valence-corrected chi connectivity index (χ2v) is 10.2. The number of amides is 3. The summed E-state index contributed by atoms with van der Waals surface area (Å²) in [6, 6.07) is 14.9. The van der Waals surface area contributed by atoms with Crippen LogP contribution in [0.1, 0.15) is 25.3 Å². The van der Waals surface area contributed by atoms with Gasteiger partial charge in [-0.05, 0) is 36.5 Å². The van der Waals surface area contributed by atoms with Crippen LogP contribution in [0.4, 0.5) is 5.69 Å². The van der Waals surface area contributed by atoms with E-state index in [4.69, 9.17) is 11.6 Å². The van der Waals surface area contributed by atoms with Crippen molar-refractivity contribution in [2.75, 3.05) is 19.0 Å². The summed E-state index contributed by atoms with van der Waals surface area (Å²) in [4.78, 5) is 42.6. The number of hydrogen-bond donors (Lipinski definition) is 3. The summed E-state index contributed by atoms with van der Waals surface area (Å²) in [5, 5.41) is 16.5. The van der Waals surface area contributed by atoms with E-state index in [1.54, 1.807) is 31.3 Å². The fourth-order valence-electron chi connectivity index (χ4n) is 5.88. The number of para-hydroxylation sites is 1. The van der Waals surface area contributed by atoms with Gasteiger partial charge in [0, 0.05) is 13.0 Å². The first kappa shape index (κ1) is 26.9. The van der Waals surface area contributed by atoms with Gasteiger partial charge in [0.05, 0.1) is 35.2 Å². The van der Waals surface area contributed by atoms with Crippen LogP contribution >= 0.6 is 11.6 Å². The van der Waals surface area contributed by atoms with E-state index in [1.165, 1.54) is 4.90 Å². The third kappa shape index (κ3) is 5.43. The normalized spacial score (nSPS) is 25.5. The van der Waals surface area contributed by atoms with Crippen molar-refractivity contribution in [1.29, 1.82) is 0 Å². The molecular weight excluding hydrogens is 490 g/mol. The molecule has 2 aromatic rings. The molecule has 7 nitrogen and oxygen atoms in total. The number of anilines is 1. The lowest BCUT2D eigenvalue weighted by atomic mass is 9.68. The third-order valence-electron chi connectivity index (χ3n) is 7.54. The minimum absolute atomic E-state index is 0.107. The quantitative estimate of drug-likeness (QED) is 0.437. The molecular formula is C29H34ClN3O4. The minimum atomic E-state index is -0.902. The van der Waals surface area contributed by atoms with Crippen molar-refractivity contribution in [1.82, 2.24) is 10.2 Å². The number of rotatable bonds is 9. The summed E-state index contributed by atoms with van der Waals surface area (Å²) in [7, 11) is 1.57. The number of carbonyl (C=O) groups excluding carboxylic acids is 3. The largest absolute Gasteiger partial charge is 0.394 e. The van der Waals surface area contributed by atoms with Crippen molar-refractivity contribution in [3.8, 4) is 0 Å². The maximum Gasteiger partial charge on any atom is 0.247 e. The molecule has 37 heavy (non-hydrogen) atoms. The van der Waals surface area contributed by atoms with Gasteiger partial charge >= 0.3 is 0 Å². The van der Waals surface area contributed by atoms with E-state index in [9.17, 15) is 19.5 Å². The molecule has 3 amide bonds. The molecule has 1 fully saturated rings. The van der Waals surface area contributed by atoms with Crippen LogP contribution in [-0.4, -0.2) is 53.5 Å². The number of nitrogens with one attached hydrogen (secondary N) is 2. The Morgan fingerprint density at radius 1 is 1.05 bits per heavy atom. The molecule has 8 heteroatoms. The van der Waals surface area contributed by atoms with Gasteiger partial charge in [-0.2, -0.15) is 0 Å². The summed E-state index contributed by atoms with van der Waals surface area (Å²) in [6.45, 7) is 1.73. The Morgan fingerprint density at radius 3 is 2.41 bits per heavy atom. The second-order valence-electron chi connectivity index (χ2n) is 9.77. The smallest absolute Gasteiger partial charge is 0.247 e. The molecule has 1 aliphatic heterocycles. The Bertz CT molecular complexity index is 1150. The second kappa shape index (κ2) is 11.9. The number of allylic oxidation sites excluding steroid dienone is 1. The van der Waals surface area contributed by atoms with Gasteiger partial charge in [0.1, 0.15) is 6.04 Å². The highest BCUT2D eigenvalue weighted by molar-refractivity contribution is 6.33. The molecule has 3 N–H and O–H groups in total. The first-order valence-electron chi connectivity index (χ1n) is 12.8. The third-order valence-corrected chi connectivity index (χ3v) is 7.87. The van der Waals surface area contributed by atoms with E-state index in [0.29, 0.717) is 17.1 Å². The van der Waals surface area contributed by atoms with Crippen LogP contribution in [0.15, 0.2) is 66.7 Å². The molecule has 0 unspecified atom stereocenters. The summed E-state index contributed by atoms with van der Waals surface area (Å²) in [6.07, 6.45) is 5.92. The number of halogens is 1. The van der Waals surface area contributed by atoms with Crippen LogP contribution in [0, 0.1) is 23.7 Å². The van der Waals surface area contributed by atoms with Crippen LogP contribution in [0.25, 0.3) is 0 Å². The van der Waals surface area contributed by atoms with Crippen molar-refractivity contribution < 1.29 is 19.5 Å². The minimum Gasteiger partial charge on any atom is -0.394 e. The summed E-state index contributed by atoms with van der Waals surface area (Å²) in [5.41, 5.74) is 1.39. The lowest BCUT2D eigenvalue weighted by molar-refractivity contribution is -0.142. The van der Waals surface area contributed by atoms with Crippen molar-refractivity contribution in [3.05, 3.63) is 77.3 Å². The van der Waals surface area contributed by atoms with Crippen LogP contribution in [0.5, 0.6) is 0 Å². The van der Waals surface area contributed by atoms with Crippen LogP contribution < -0.4 is 10.6 Å². The van der Waals surface area contributed by atoms with Crippen molar-refractivity contribution in [2.24, 2.45) is 23.7 Å². The molecule has 196 valence electrons. The van der Waals surface area contributed by atoms with Gasteiger partial charge in [0.2, 0.25) is 17.7 Å². The number of carbonyl (C=O) groups is 3. The molecule has 4 rings (SSSR count). The van der Waals surface area contributed by atoms with E-state index in [-0.39, 0.29) is 24.3 Å². The van der Waals surface area contributed by atoms with Crippen LogP contribution in [0.2, 0.25) is 5.02 Å². The highest BCUT2D eigenvalue weighted by Gasteiger charge is 2.58. The first-order valence-corrected chi connectivity index (χ1v) is 13.2. The van der Waals surface area contributed by atoms with Gasteiger partial charge in [-0.1, -0.05) is 79.6 Å². The zero-order valence-corrected chi connectivity index (χ0v) is 21.9. The van der Waals surface area contributed by atoms with E-state index >= 15 is 0 Å². The standard InChI is InChI=1S/C29H34ClN3O4/c1-3-9-19-14-15-21-25(24(19)27(35)31-2)29(37)33(20(17-34)16-18-10-5-4-6-11-18)26(21)28(36)32-23-13-8-7-12-22(23)30/h4-8,10-15,19-21,24-26,34H,3,9,16-17H2,1-2H3,(H,31,35)(H,32,36)/t19-,20-,21+,24-,25-,26+/m1/s1. The van der Waals surface area contributed by atoms with Gasteiger partial charge < -0.3 is 20.6 Å². The van der Waals surface area contributed by atoms with Gasteiger partial charge in [-0.25, -0.2) is 0 Å². The van der Waals surface area contributed by atoms with Crippen molar-refractivity contribution in [3.63, 3.8) is 0 Å². The number of hydrogen-bond acceptors (Lipinski definition) is 4. The maximum absolute atomic E-state index is 14.1. The van der Waals surface area contributed by atoms with Crippen LogP contribution in [0.3, 0.4) is 0 Å². The molecule has 1 aliphatic carbocycles. The van der Waals surface area contributed by atoms with Gasteiger partial charge in [0.25, 0.3) is 0 Å². The number of aliphatic hydroxyl groups is 1. The fraction of sp³-hybridized carbons (Fsp3) is 0.414. The highest BCUT2D eigenvalue weighted by Crippen LogP contribution is 2.46.